The van der Waals surface area contributed by atoms with Crippen LogP contribution in [0.4, 0.5) is 5.69 Å². The molecule has 21 heavy (non-hydrogen) atoms. The van der Waals surface area contributed by atoms with Gasteiger partial charge in [0.05, 0.1) is 12.0 Å². The van der Waals surface area contributed by atoms with Crippen LogP contribution in [-0.4, -0.2) is 11.6 Å². The number of carbonyl (C=O) groups is 2. The van der Waals surface area contributed by atoms with Crippen molar-refractivity contribution in [2.24, 2.45) is 5.92 Å². The Bertz CT molecular complexity index is 594. The van der Waals surface area contributed by atoms with E-state index in [-0.39, 0.29) is 17.6 Å². The van der Waals surface area contributed by atoms with Gasteiger partial charge < -0.3 is 5.32 Å². The van der Waals surface area contributed by atoms with E-state index in [4.69, 9.17) is 0 Å². The summed E-state index contributed by atoms with van der Waals surface area (Å²) < 4.78 is 0. The molecule has 0 aliphatic rings. The van der Waals surface area contributed by atoms with Gasteiger partial charge in [0.2, 0.25) is 0 Å². The number of para-hydroxylation sites is 1. The van der Waals surface area contributed by atoms with Crippen LogP contribution in [0, 0.1) is 5.92 Å². The van der Waals surface area contributed by atoms with Crippen LogP contribution in [0.3, 0.4) is 0 Å². The van der Waals surface area contributed by atoms with Crippen LogP contribution in [0.2, 0.25) is 0 Å². The van der Waals surface area contributed by atoms with Crippen molar-refractivity contribution >= 4 is 17.3 Å². The van der Waals surface area contributed by atoms with Crippen LogP contribution in [0.15, 0.2) is 60.7 Å². The van der Waals surface area contributed by atoms with Gasteiger partial charge in [-0.05, 0) is 31.5 Å². The Morgan fingerprint density at radius 1 is 0.810 bits per heavy atom. The summed E-state index contributed by atoms with van der Waals surface area (Å²) in [6.07, 6.45) is 0. The second-order valence-corrected chi connectivity index (χ2v) is 5.10. The maximum atomic E-state index is 11.9. The number of rotatable bonds is 6. The van der Waals surface area contributed by atoms with Crippen molar-refractivity contribution in [1.82, 2.24) is 0 Å². The smallest absolute Gasteiger partial charge is 0.142 e. The molecule has 108 valence electrons. The van der Waals surface area contributed by atoms with E-state index in [1.165, 1.54) is 13.8 Å². The quantitative estimate of drug-likeness (QED) is 0.822. The summed E-state index contributed by atoms with van der Waals surface area (Å²) in [6.45, 7) is 2.93. The Labute approximate surface area is 125 Å². The summed E-state index contributed by atoms with van der Waals surface area (Å²) in [5, 5.41) is 3.32. The number of benzene rings is 2. The van der Waals surface area contributed by atoms with Crippen LogP contribution in [0.25, 0.3) is 0 Å². The van der Waals surface area contributed by atoms with Gasteiger partial charge in [0.15, 0.2) is 0 Å². The molecule has 2 rings (SSSR count). The predicted molar refractivity (Wildman–Crippen MR) is 84.1 cm³/mol. The van der Waals surface area contributed by atoms with Crippen LogP contribution >= 0.6 is 0 Å². The van der Waals surface area contributed by atoms with E-state index in [9.17, 15) is 9.59 Å². The van der Waals surface area contributed by atoms with Crippen molar-refractivity contribution in [1.29, 1.82) is 0 Å². The summed E-state index contributed by atoms with van der Waals surface area (Å²) >= 11 is 0. The minimum Gasteiger partial charge on any atom is -0.377 e. The fourth-order valence-electron chi connectivity index (χ4n) is 2.49. The molecule has 0 radical (unpaired) electrons. The lowest BCUT2D eigenvalue weighted by atomic mass is 9.87. The van der Waals surface area contributed by atoms with Gasteiger partial charge in [-0.25, -0.2) is 0 Å². The van der Waals surface area contributed by atoms with Gasteiger partial charge >= 0.3 is 0 Å². The van der Waals surface area contributed by atoms with Gasteiger partial charge in [-0.3, -0.25) is 9.59 Å². The molecule has 3 nitrogen and oxygen atoms in total. The van der Waals surface area contributed by atoms with Gasteiger partial charge in [0.25, 0.3) is 0 Å². The van der Waals surface area contributed by atoms with Gasteiger partial charge in [0, 0.05) is 5.69 Å². The van der Waals surface area contributed by atoms with E-state index in [2.05, 4.69) is 5.32 Å². The average Bonchev–Trinajstić information content (AvgIpc) is 2.48. The van der Waals surface area contributed by atoms with Gasteiger partial charge in [-0.15, -0.1) is 0 Å². The molecule has 0 saturated heterocycles. The third kappa shape index (κ3) is 3.78. The highest BCUT2D eigenvalue weighted by molar-refractivity contribution is 6.01. The standard InChI is InChI=1S/C18H19NO2/c1-13(20)17(14(2)21)18(15-9-5-3-6-10-15)19-16-11-7-4-8-12-16/h3-12,17-19H,1-2H3. The van der Waals surface area contributed by atoms with Crippen molar-refractivity contribution in [3.8, 4) is 0 Å². The number of Topliss-reactive ketones (excluding diaryl/α,β-unsaturated/α-hetero) is 2. The first kappa shape index (κ1) is 15.0. The van der Waals surface area contributed by atoms with E-state index < -0.39 is 5.92 Å². The SMILES string of the molecule is CC(=O)C(C(C)=O)C(Nc1ccccc1)c1ccccc1. The Hall–Kier alpha value is -2.42. The summed E-state index contributed by atoms with van der Waals surface area (Å²) in [5.74, 6) is -0.938. The predicted octanol–water partition coefficient (Wildman–Crippen LogP) is 3.63. The molecule has 0 saturated carbocycles. The van der Waals surface area contributed by atoms with E-state index in [1.807, 2.05) is 60.7 Å². The van der Waals surface area contributed by atoms with Gasteiger partial charge in [0.1, 0.15) is 11.6 Å². The number of carbonyl (C=O) groups excluding carboxylic acids is 2. The maximum absolute atomic E-state index is 11.9. The lowest BCUT2D eigenvalue weighted by Crippen LogP contribution is -2.31. The highest BCUT2D eigenvalue weighted by atomic mass is 16.1. The molecule has 0 bridgehead atoms. The molecule has 2 aromatic carbocycles. The fourth-order valence-corrected chi connectivity index (χ4v) is 2.49. The van der Waals surface area contributed by atoms with E-state index in [1.54, 1.807) is 0 Å². The van der Waals surface area contributed by atoms with Crippen molar-refractivity contribution in [2.75, 3.05) is 5.32 Å². The van der Waals surface area contributed by atoms with E-state index in [0.29, 0.717) is 0 Å². The summed E-state index contributed by atoms with van der Waals surface area (Å²) in [6, 6.07) is 18.8. The minimum absolute atomic E-state index is 0.125. The molecule has 2 aromatic rings. The Balaban J connectivity index is 2.39. The number of hydrogen-bond acceptors (Lipinski definition) is 3. The molecule has 1 N–H and O–H groups in total. The third-order valence-electron chi connectivity index (χ3n) is 3.46. The van der Waals surface area contributed by atoms with E-state index >= 15 is 0 Å². The third-order valence-corrected chi connectivity index (χ3v) is 3.46. The van der Waals surface area contributed by atoms with Crippen molar-refractivity contribution in [3.05, 3.63) is 66.2 Å². The van der Waals surface area contributed by atoms with Crippen molar-refractivity contribution in [2.45, 2.75) is 19.9 Å². The molecule has 0 heterocycles. The first-order chi connectivity index (χ1) is 10.1. The zero-order valence-corrected chi connectivity index (χ0v) is 12.2. The first-order valence-corrected chi connectivity index (χ1v) is 6.97. The van der Waals surface area contributed by atoms with E-state index in [0.717, 1.165) is 11.3 Å². The molecule has 0 aromatic heterocycles. The second kappa shape index (κ2) is 6.84. The van der Waals surface area contributed by atoms with Crippen LogP contribution in [0.5, 0.6) is 0 Å². The summed E-state index contributed by atoms with van der Waals surface area (Å²) in [7, 11) is 0. The topological polar surface area (TPSA) is 46.2 Å². The highest BCUT2D eigenvalue weighted by Crippen LogP contribution is 2.28. The lowest BCUT2D eigenvalue weighted by Gasteiger charge is -2.26. The Kier molecular flexibility index (Phi) is 4.88. The molecule has 0 fully saturated rings. The molecular formula is C18H19NO2. The summed E-state index contributed by atoms with van der Waals surface area (Å²) in [5.41, 5.74) is 1.82. The van der Waals surface area contributed by atoms with Crippen LogP contribution < -0.4 is 5.32 Å². The normalized spacial score (nSPS) is 12.0. The monoisotopic (exact) mass is 281 g/mol. The molecule has 0 aliphatic carbocycles. The van der Waals surface area contributed by atoms with Crippen molar-refractivity contribution < 1.29 is 9.59 Å². The average molecular weight is 281 g/mol. The van der Waals surface area contributed by atoms with Gasteiger partial charge in [-0.2, -0.15) is 0 Å². The number of anilines is 1. The number of nitrogens with one attached hydrogen (secondary N) is 1. The molecule has 0 amide bonds. The molecule has 0 spiro atoms. The zero-order valence-electron chi connectivity index (χ0n) is 12.2. The molecular weight excluding hydrogens is 262 g/mol. The van der Waals surface area contributed by atoms with Crippen LogP contribution in [-0.2, 0) is 9.59 Å². The molecule has 0 aliphatic heterocycles. The zero-order chi connectivity index (χ0) is 15.2. The Morgan fingerprint density at radius 3 is 1.76 bits per heavy atom. The second-order valence-electron chi connectivity index (χ2n) is 5.10. The highest BCUT2D eigenvalue weighted by Gasteiger charge is 2.30. The molecule has 1 atom stereocenters. The fraction of sp³-hybridized carbons (Fsp3) is 0.222. The molecule has 3 heteroatoms. The number of ketones is 2. The minimum atomic E-state index is -0.687. The Morgan fingerprint density at radius 2 is 1.29 bits per heavy atom. The summed E-state index contributed by atoms with van der Waals surface area (Å²) in [4.78, 5) is 23.9. The first-order valence-electron chi connectivity index (χ1n) is 6.97. The largest absolute Gasteiger partial charge is 0.377 e. The van der Waals surface area contributed by atoms with Crippen molar-refractivity contribution in [3.63, 3.8) is 0 Å². The maximum Gasteiger partial charge on any atom is 0.142 e. The van der Waals surface area contributed by atoms with Gasteiger partial charge in [-0.1, -0.05) is 48.5 Å². The number of hydrogen-bond donors (Lipinski definition) is 1. The van der Waals surface area contributed by atoms with Crippen LogP contribution in [0.1, 0.15) is 25.5 Å². The lowest BCUT2D eigenvalue weighted by molar-refractivity contribution is -0.131. The molecule has 1 unspecified atom stereocenters.